The van der Waals surface area contributed by atoms with Crippen molar-refractivity contribution in [3.8, 4) is 0 Å². The molecule has 5 heteroatoms. The molecule has 0 spiro atoms. The van der Waals surface area contributed by atoms with Crippen LogP contribution >= 0.6 is 15.9 Å². The molecule has 3 saturated heterocycles. The molecule has 4 rings (SSSR count). The number of piperidine rings is 3. The lowest BCUT2D eigenvalue weighted by Crippen LogP contribution is -2.51. The second-order valence-electron chi connectivity index (χ2n) is 5.46. The minimum atomic E-state index is -0.549. The Morgan fingerprint density at radius 1 is 1.25 bits per heavy atom. The maximum Gasteiger partial charge on any atom is 0.508 e. The second kappa shape index (κ2) is 6.14. The third kappa shape index (κ3) is 3.33. The predicted octanol–water partition coefficient (Wildman–Crippen LogP) is 3.20. The molecule has 3 fully saturated rings. The van der Waals surface area contributed by atoms with Crippen molar-refractivity contribution in [2.45, 2.75) is 25.6 Å². The van der Waals surface area contributed by atoms with Gasteiger partial charge in [0.25, 0.3) is 0 Å². The Balaban J connectivity index is 1.46. The third-order valence-electron chi connectivity index (χ3n) is 4.11. The van der Waals surface area contributed by atoms with Gasteiger partial charge in [-0.3, -0.25) is 4.90 Å². The highest BCUT2D eigenvalue weighted by Gasteiger charge is 2.36. The van der Waals surface area contributed by atoms with E-state index in [0.29, 0.717) is 5.92 Å². The minimum absolute atomic E-state index is 0.00918. The monoisotopic (exact) mass is 339 g/mol. The first kappa shape index (κ1) is 13.9. The Labute approximate surface area is 127 Å². The molecule has 3 aliphatic heterocycles. The van der Waals surface area contributed by atoms with E-state index in [0.717, 1.165) is 42.5 Å². The number of nitrogens with zero attached hydrogens (tertiary/aromatic N) is 1. The predicted molar refractivity (Wildman–Crippen MR) is 78.4 cm³/mol. The lowest BCUT2D eigenvalue weighted by Gasteiger charge is -2.43. The molecule has 108 valence electrons. The fraction of sp³-hybridized carbons (Fsp3) is 0.533. The molecule has 0 radical (unpaired) electrons. The molecule has 4 nitrogen and oxygen atoms in total. The molecule has 0 N–H and O–H groups in total. The van der Waals surface area contributed by atoms with Crippen LogP contribution in [-0.4, -0.2) is 36.8 Å². The van der Waals surface area contributed by atoms with Gasteiger partial charge in [0.1, 0.15) is 12.7 Å². The first-order valence-electron chi connectivity index (χ1n) is 7.01. The van der Waals surface area contributed by atoms with Gasteiger partial charge in [-0.2, -0.15) is 0 Å². The Morgan fingerprint density at radius 2 is 1.95 bits per heavy atom. The van der Waals surface area contributed by atoms with Crippen molar-refractivity contribution in [1.29, 1.82) is 0 Å². The number of ether oxygens (including phenoxy) is 2. The van der Waals surface area contributed by atoms with Gasteiger partial charge < -0.3 is 9.47 Å². The maximum atomic E-state index is 11.8. The van der Waals surface area contributed by atoms with Crippen molar-refractivity contribution in [2.24, 2.45) is 5.92 Å². The molecule has 0 amide bonds. The smallest absolute Gasteiger partial charge is 0.429 e. The van der Waals surface area contributed by atoms with E-state index in [1.807, 2.05) is 24.3 Å². The van der Waals surface area contributed by atoms with E-state index < -0.39 is 6.16 Å². The summed E-state index contributed by atoms with van der Waals surface area (Å²) in [7, 11) is 0. The quantitative estimate of drug-likeness (QED) is 0.792. The molecule has 20 heavy (non-hydrogen) atoms. The van der Waals surface area contributed by atoms with Gasteiger partial charge in [0.15, 0.2) is 0 Å². The van der Waals surface area contributed by atoms with Crippen LogP contribution in [0.25, 0.3) is 0 Å². The number of carbonyl (C=O) groups excluding carboxylic acids is 1. The standard InChI is InChI=1S/C15H18BrNO3/c16-13-3-1-11(2-4-13)10-19-15(18)20-14-9-17-7-5-12(14)6-8-17/h1-4,12,14H,5-10H2/t14-/m0/s1. The van der Waals surface area contributed by atoms with E-state index in [1.54, 1.807) is 0 Å². The van der Waals surface area contributed by atoms with Gasteiger partial charge in [-0.15, -0.1) is 0 Å². The molecule has 3 heterocycles. The van der Waals surface area contributed by atoms with Crippen molar-refractivity contribution in [3.05, 3.63) is 34.3 Å². The van der Waals surface area contributed by atoms with Crippen LogP contribution in [0.15, 0.2) is 28.7 Å². The van der Waals surface area contributed by atoms with E-state index >= 15 is 0 Å². The molecule has 3 aliphatic rings. The van der Waals surface area contributed by atoms with Crippen LogP contribution in [0.3, 0.4) is 0 Å². The molecule has 1 aromatic rings. The van der Waals surface area contributed by atoms with Gasteiger partial charge in [0.05, 0.1) is 0 Å². The molecule has 0 unspecified atom stereocenters. The summed E-state index contributed by atoms with van der Waals surface area (Å²) in [5.41, 5.74) is 0.957. The lowest BCUT2D eigenvalue weighted by atomic mass is 9.86. The molecular formula is C15H18BrNO3. The number of fused-ring (bicyclic) bond motifs is 3. The highest BCUT2D eigenvalue weighted by molar-refractivity contribution is 9.10. The number of benzene rings is 1. The molecule has 1 atom stereocenters. The average Bonchev–Trinajstić information content (AvgIpc) is 2.48. The van der Waals surface area contributed by atoms with Crippen molar-refractivity contribution in [3.63, 3.8) is 0 Å². The zero-order valence-electron chi connectivity index (χ0n) is 11.3. The van der Waals surface area contributed by atoms with Crippen LogP contribution < -0.4 is 0 Å². The van der Waals surface area contributed by atoms with E-state index in [-0.39, 0.29) is 12.7 Å². The fourth-order valence-electron chi connectivity index (χ4n) is 2.92. The largest absolute Gasteiger partial charge is 0.508 e. The van der Waals surface area contributed by atoms with E-state index in [2.05, 4.69) is 20.8 Å². The van der Waals surface area contributed by atoms with Crippen LogP contribution in [0, 0.1) is 5.92 Å². The zero-order valence-corrected chi connectivity index (χ0v) is 12.8. The number of hydrogen-bond acceptors (Lipinski definition) is 4. The van der Waals surface area contributed by atoms with Crippen LogP contribution in [-0.2, 0) is 16.1 Å². The van der Waals surface area contributed by atoms with Gasteiger partial charge in [-0.05, 0) is 49.5 Å². The first-order valence-corrected chi connectivity index (χ1v) is 7.80. The average molecular weight is 340 g/mol. The Hall–Kier alpha value is -1.07. The van der Waals surface area contributed by atoms with Crippen LogP contribution in [0.5, 0.6) is 0 Å². The summed E-state index contributed by atoms with van der Waals surface area (Å²) in [4.78, 5) is 14.1. The van der Waals surface area contributed by atoms with Gasteiger partial charge >= 0.3 is 6.16 Å². The van der Waals surface area contributed by atoms with Crippen LogP contribution in [0.4, 0.5) is 4.79 Å². The molecule has 0 saturated carbocycles. The highest BCUT2D eigenvalue weighted by Crippen LogP contribution is 2.29. The Morgan fingerprint density at radius 3 is 2.55 bits per heavy atom. The third-order valence-corrected chi connectivity index (χ3v) is 4.64. The van der Waals surface area contributed by atoms with Crippen molar-refractivity contribution < 1.29 is 14.3 Å². The number of hydrogen-bond donors (Lipinski definition) is 0. The summed E-state index contributed by atoms with van der Waals surface area (Å²) in [6.07, 6.45) is 1.72. The maximum absolute atomic E-state index is 11.8. The molecule has 2 bridgehead atoms. The van der Waals surface area contributed by atoms with Crippen LogP contribution in [0.2, 0.25) is 0 Å². The van der Waals surface area contributed by atoms with E-state index in [9.17, 15) is 4.79 Å². The number of halogens is 1. The first-order chi connectivity index (χ1) is 9.70. The number of carbonyl (C=O) groups is 1. The second-order valence-corrected chi connectivity index (χ2v) is 6.38. The minimum Gasteiger partial charge on any atom is -0.429 e. The summed E-state index contributed by atoms with van der Waals surface area (Å²) in [6, 6.07) is 7.70. The normalized spacial score (nSPS) is 28.1. The van der Waals surface area contributed by atoms with Crippen molar-refractivity contribution in [2.75, 3.05) is 19.6 Å². The summed E-state index contributed by atoms with van der Waals surface area (Å²) in [5.74, 6) is 0.514. The molecule has 1 aromatic carbocycles. The van der Waals surface area contributed by atoms with Crippen LogP contribution in [0.1, 0.15) is 18.4 Å². The van der Waals surface area contributed by atoms with E-state index in [4.69, 9.17) is 9.47 Å². The Bertz CT molecular complexity index is 469. The molecular weight excluding hydrogens is 322 g/mol. The SMILES string of the molecule is O=C(OCc1ccc(Br)cc1)O[C@H]1CN2CCC1CC2. The van der Waals surface area contributed by atoms with Gasteiger partial charge in [-0.1, -0.05) is 28.1 Å². The Kier molecular flexibility index (Phi) is 4.27. The van der Waals surface area contributed by atoms with Gasteiger partial charge in [0.2, 0.25) is 0 Å². The lowest BCUT2D eigenvalue weighted by molar-refractivity contribution is -0.0599. The molecule has 0 aromatic heterocycles. The zero-order chi connectivity index (χ0) is 13.9. The number of rotatable bonds is 3. The summed E-state index contributed by atoms with van der Waals surface area (Å²) < 4.78 is 11.7. The van der Waals surface area contributed by atoms with Crippen molar-refractivity contribution >= 4 is 22.1 Å². The topological polar surface area (TPSA) is 38.8 Å². The van der Waals surface area contributed by atoms with Crippen molar-refractivity contribution in [1.82, 2.24) is 4.90 Å². The highest BCUT2D eigenvalue weighted by atomic mass is 79.9. The molecule has 0 aliphatic carbocycles. The summed E-state index contributed by atoms with van der Waals surface area (Å²) in [5, 5.41) is 0. The fourth-order valence-corrected chi connectivity index (χ4v) is 3.19. The van der Waals surface area contributed by atoms with E-state index in [1.165, 1.54) is 0 Å². The summed E-state index contributed by atoms with van der Waals surface area (Å²) >= 11 is 3.37. The summed E-state index contributed by atoms with van der Waals surface area (Å²) in [6.45, 7) is 3.39. The van der Waals surface area contributed by atoms with Gasteiger partial charge in [0, 0.05) is 11.0 Å². The van der Waals surface area contributed by atoms with Gasteiger partial charge in [-0.25, -0.2) is 4.79 Å².